The zero-order valence-corrected chi connectivity index (χ0v) is 11.5. The highest BCUT2D eigenvalue weighted by Gasteiger charge is 2.07. The van der Waals surface area contributed by atoms with Crippen LogP contribution in [0, 0.1) is 0 Å². The first-order valence-electron chi connectivity index (χ1n) is 6.62. The minimum Gasteiger partial charge on any atom is -0.422 e. The Morgan fingerprint density at radius 3 is 2.63 bits per heavy atom. The molecule has 0 atom stereocenters. The summed E-state index contributed by atoms with van der Waals surface area (Å²) in [6, 6.07) is 7.88. The lowest BCUT2D eigenvalue weighted by Gasteiger charge is -2.20. The third-order valence-electron chi connectivity index (χ3n) is 3.28. The van der Waals surface area contributed by atoms with Gasteiger partial charge in [-0.1, -0.05) is 6.08 Å². The van der Waals surface area contributed by atoms with Crippen molar-refractivity contribution in [3.8, 4) is 0 Å². The number of rotatable bonds is 5. The second-order valence-corrected chi connectivity index (χ2v) is 4.45. The lowest BCUT2D eigenvalue weighted by molar-refractivity contribution is 0.553. The van der Waals surface area contributed by atoms with E-state index >= 15 is 0 Å². The topological polar surface area (TPSA) is 33.5 Å². The fourth-order valence-electron chi connectivity index (χ4n) is 2.23. The third kappa shape index (κ3) is 2.70. The van der Waals surface area contributed by atoms with Crippen LogP contribution in [0.5, 0.6) is 0 Å². The molecule has 1 aromatic heterocycles. The second kappa shape index (κ2) is 5.74. The number of anilines is 1. The molecule has 3 nitrogen and oxygen atoms in total. The molecule has 0 bridgehead atoms. The standard InChI is InChI=1S/C16H19NO2/c1-4-7-13-10-12-8-9-14(17(5-2)6-3)11-15(12)19-16(13)18/h4,8-11H,1,5-7H2,2-3H3. The summed E-state index contributed by atoms with van der Waals surface area (Å²) in [7, 11) is 0. The molecule has 3 heteroatoms. The van der Waals surface area contributed by atoms with Crippen molar-refractivity contribution in [2.24, 2.45) is 0 Å². The molecule has 100 valence electrons. The quantitative estimate of drug-likeness (QED) is 0.608. The Morgan fingerprint density at radius 2 is 2.00 bits per heavy atom. The van der Waals surface area contributed by atoms with Gasteiger partial charge in [0.2, 0.25) is 0 Å². The lowest BCUT2D eigenvalue weighted by atomic mass is 10.1. The summed E-state index contributed by atoms with van der Waals surface area (Å²) in [6.07, 6.45) is 2.25. The molecule has 0 fully saturated rings. The minimum atomic E-state index is -0.274. The van der Waals surface area contributed by atoms with E-state index in [1.54, 1.807) is 6.08 Å². The Morgan fingerprint density at radius 1 is 1.26 bits per heavy atom. The van der Waals surface area contributed by atoms with Crippen molar-refractivity contribution in [1.29, 1.82) is 0 Å². The van der Waals surface area contributed by atoms with Gasteiger partial charge in [0, 0.05) is 35.8 Å². The Labute approximate surface area is 113 Å². The van der Waals surface area contributed by atoms with E-state index < -0.39 is 0 Å². The minimum absolute atomic E-state index is 0.274. The summed E-state index contributed by atoms with van der Waals surface area (Å²) in [5.74, 6) is 0. The summed E-state index contributed by atoms with van der Waals surface area (Å²) in [5.41, 5.74) is 2.10. The molecule has 2 rings (SSSR count). The van der Waals surface area contributed by atoms with Crippen LogP contribution in [0.3, 0.4) is 0 Å². The molecule has 0 aliphatic rings. The molecular formula is C16H19NO2. The van der Waals surface area contributed by atoms with Crippen LogP contribution in [0.25, 0.3) is 11.0 Å². The molecule has 0 N–H and O–H groups in total. The van der Waals surface area contributed by atoms with Crippen molar-refractivity contribution in [3.05, 3.63) is 52.9 Å². The molecule has 0 aliphatic carbocycles. The highest BCUT2D eigenvalue weighted by atomic mass is 16.4. The van der Waals surface area contributed by atoms with Crippen molar-refractivity contribution in [1.82, 2.24) is 0 Å². The van der Waals surface area contributed by atoms with Gasteiger partial charge in [0.05, 0.1) is 0 Å². The van der Waals surface area contributed by atoms with Crippen LogP contribution in [0.4, 0.5) is 5.69 Å². The molecule has 19 heavy (non-hydrogen) atoms. The van der Waals surface area contributed by atoms with Gasteiger partial charge in [-0.15, -0.1) is 6.58 Å². The van der Waals surface area contributed by atoms with Crippen LogP contribution in [0.15, 0.2) is 46.1 Å². The van der Waals surface area contributed by atoms with E-state index in [0.29, 0.717) is 17.6 Å². The fourth-order valence-corrected chi connectivity index (χ4v) is 2.23. The molecule has 0 unspecified atom stereocenters. The van der Waals surface area contributed by atoms with Crippen LogP contribution >= 0.6 is 0 Å². The Balaban J connectivity index is 2.52. The number of allylic oxidation sites excluding steroid dienone is 1. The average Bonchev–Trinajstić information content (AvgIpc) is 2.41. The van der Waals surface area contributed by atoms with E-state index in [4.69, 9.17) is 4.42 Å². The molecule has 0 saturated carbocycles. The van der Waals surface area contributed by atoms with E-state index in [1.807, 2.05) is 18.2 Å². The van der Waals surface area contributed by atoms with Gasteiger partial charge in [-0.3, -0.25) is 0 Å². The Hall–Kier alpha value is -2.03. The smallest absolute Gasteiger partial charge is 0.339 e. The zero-order valence-electron chi connectivity index (χ0n) is 11.5. The summed E-state index contributed by atoms with van der Waals surface area (Å²) in [5, 5.41) is 0.951. The maximum absolute atomic E-state index is 11.8. The van der Waals surface area contributed by atoms with Crippen LogP contribution in [-0.2, 0) is 6.42 Å². The van der Waals surface area contributed by atoms with Gasteiger partial charge in [-0.25, -0.2) is 4.79 Å². The van der Waals surface area contributed by atoms with Gasteiger partial charge in [0.1, 0.15) is 5.58 Å². The normalized spacial score (nSPS) is 10.6. The van der Waals surface area contributed by atoms with Crippen molar-refractivity contribution < 1.29 is 4.42 Å². The molecule has 0 aliphatic heterocycles. The van der Waals surface area contributed by atoms with E-state index in [-0.39, 0.29) is 5.63 Å². The highest BCUT2D eigenvalue weighted by Crippen LogP contribution is 2.22. The molecule has 2 aromatic rings. The van der Waals surface area contributed by atoms with Crippen molar-refractivity contribution in [2.75, 3.05) is 18.0 Å². The van der Waals surface area contributed by atoms with Gasteiger partial charge < -0.3 is 9.32 Å². The van der Waals surface area contributed by atoms with E-state index in [1.165, 1.54) is 0 Å². The number of benzene rings is 1. The van der Waals surface area contributed by atoms with E-state index in [2.05, 4.69) is 31.4 Å². The predicted molar refractivity (Wildman–Crippen MR) is 79.9 cm³/mol. The Kier molecular flexibility index (Phi) is 4.05. The summed E-state index contributed by atoms with van der Waals surface area (Å²) < 4.78 is 5.40. The number of nitrogens with zero attached hydrogens (tertiary/aromatic N) is 1. The van der Waals surface area contributed by atoms with E-state index in [9.17, 15) is 4.79 Å². The van der Waals surface area contributed by atoms with Gasteiger partial charge >= 0.3 is 5.63 Å². The first-order chi connectivity index (χ1) is 9.19. The summed E-state index contributed by atoms with van der Waals surface area (Å²) >= 11 is 0. The number of fused-ring (bicyclic) bond motifs is 1. The van der Waals surface area contributed by atoms with Crippen molar-refractivity contribution >= 4 is 16.7 Å². The van der Waals surface area contributed by atoms with Crippen molar-refractivity contribution in [2.45, 2.75) is 20.3 Å². The van der Waals surface area contributed by atoms with Gasteiger partial charge in [0.25, 0.3) is 0 Å². The number of hydrogen-bond donors (Lipinski definition) is 0. The summed E-state index contributed by atoms with van der Waals surface area (Å²) in [4.78, 5) is 14.0. The fraction of sp³-hybridized carbons (Fsp3) is 0.312. The molecule has 1 aromatic carbocycles. The van der Waals surface area contributed by atoms with Crippen LogP contribution in [0.2, 0.25) is 0 Å². The SMILES string of the molecule is C=CCc1cc2ccc(N(CC)CC)cc2oc1=O. The molecular weight excluding hydrogens is 238 g/mol. The first kappa shape index (κ1) is 13.4. The van der Waals surface area contributed by atoms with Crippen LogP contribution in [0.1, 0.15) is 19.4 Å². The second-order valence-electron chi connectivity index (χ2n) is 4.45. The lowest BCUT2D eigenvalue weighted by Crippen LogP contribution is -2.21. The third-order valence-corrected chi connectivity index (χ3v) is 3.28. The van der Waals surface area contributed by atoms with Crippen molar-refractivity contribution in [3.63, 3.8) is 0 Å². The predicted octanol–water partition coefficient (Wildman–Crippen LogP) is 3.37. The van der Waals surface area contributed by atoms with Gasteiger partial charge in [0.15, 0.2) is 0 Å². The first-order valence-corrected chi connectivity index (χ1v) is 6.62. The van der Waals surface area contributed by atoms with Crippen LogP contribution in [-0.4, -0.2) is 13.1 Å². The molecule has 1 heterocycles. The number of hydrogen-bond acceptors (Lipinski definition) is 3. The maximum atomic E-state index is 11.8. The monoisotopic (exact) mass is 257 g/mol. The molecule has 0 saturated heterocycles. The van der Waals surface area contributed by atoms with Crippen LogP contribution < -0.4 is 10.5 Å². The largest absolute Gasteiger partial charge is 0.422 e. The molecule has 0 amide bonds. The zero-order chi connectivity index (χ0) is 13.8. The van der Waals surface area contributed by atoms with E-state index in [0.717, 1.165) is 24.2 Å². The summed E-state index contributed by atoms with van der Waals surface area (Å²) in [6.45, 7) is 9.73. The van der Waals surface area contributed by atoms with Gasteiger partial charge in [-0.05, 0) is 38.5 Å². The molecule has 0 radical (unpaired) electrons. The molecule has 0 spiro atoms. The average molecular weight is 257 g/mol. The maximum Gasteiger partial charge on any atom is 0.339 e. The Bertz CT molecular complexity index is 639. The highest BCUT2D eigenvalue weighted by molar-refractivity contribution is 5.81. The van der Waals surface area contributed by atoms with Gasteiger partial charge in [-0.2, -0.15) is 0 Å².